The first-order valence-corrected chi connectivity index (χ1v) is 8.62. The molecule has 1 atom stereocenters. The Morgan fingerprint density at radius 2 is 2.08 bits per heavy atom. The summed E-state index contributed by atoms with van der Waals surface area (Å²) in [5, 5.41) is 7.47. The Morgan fingerprint density at radius 1 is 1.27 bits per heavy atom. The van der Waals surface area contributed by atoms with Gasteiger partial charge in [0.25, 0.3) is 0 Å². The zero-order valence-electron chi connectivity index (χ0n) is 13.9. The van der Waals surface area contributed by atoms with E-state index >= 15 is 0 Å². The lowest BCUT2D eigenvalue weighted by Gasteiger charge is -2.31. The van der Waals surface area contributed by atoms with Crippen molar-refractivity contribution in [2.45, 2.75) is 50.2 Å². The summed E-state index contributed by atoms with van der Waals surface area (Å²) in [6, 6.07) is 0.866. The molecule has 1 saturated heterocycles. The van der Waals surface area contributed by atoms with E-state index in [9.17, 15) is 18.0 Å². The molecule has 3 heterocycles. The standard InChI is InChI=1S/C16H18F3N5O2/c17-16(18,19)12-5-7-24(21-12)9-13(25)23-6-1-2-11(8-23)14-20-15(26-22-14)10-3-4-10/h5,7,10-11H,1-4,6,8-9H2. The molecule has 1 amide bonds. The summed E-state index contributed by atoms with van der Waals surface area (Å²) in [6.45, 7) is 0.786. The first kappa shape index (κ1) is 17.0. The summed E-state index contributed by atoms with van der Waals surface area (Å²) < 4.78 is 44.1. The number of likely N-dealkylation sites (tertiary alicyclic amines) is 1. The molecule has 1 saturated carbocycles. The molecule has 10 heteroatoms. The van der Waals surface area contributed by atoms with Crippen molar-refractivity contribution in [3.63, 3.8) is 0 Å². The van der Waals surface area contributed by atoms with Crippen LogP contribution in [0.1, 0.15) is 54.9 Å². The van der Waals surface area contributed by atoms with Crippen molar-refractivity contribution >= 4 is 5.91 Å². The summed E-state index contributed by atoms with van der Waals surface area (Å²) in [4.78, 5) is 18.5. The number of piperidine rings is 1. The van der Waals surface area contributed by atoms with E-state index in [1.165, 1.54) is 6.20 Å². The minimum absolute atomic E-state index is 0.00712. The third kappa shape index (κ3) is 3.58. The Hall–Kier alpha value is -2.39. The number of aromatic nitrogens is 4. The van der Waals surface area contributed by atoms with Gasteiger partial charge in [0, 0.05) is 31.1 Å². The first-order chi connectivity index (χ1) is 12.4. The zero-order chi connectivity index (χ0) is 18.3. The fourth-order valence-corrected chi connectivity index (χ4v) is 3.16. The number of nitrogens with zero attached hydrogens (tertiary/aromatic N) is 5. The summed E-state index contributed by atoms with van der Waals surface area (Å²) in [5.41, 5.74) is -0.999. The monoisotopic (exact) mass is 369 g/mol. The van der Waals surface area contributed by atoms with Gasteiger partial charge < -0.3 is 9.42 Å². The number of rotatable bonds is 4. The predicted molar refractivity (Wildman–Crippen MR) is 82.1 cm³/mol. The molecule has 140 valence electrons. The third-order valence-corrected chi connectivity index (χ3v) is 4.75. The highest BCUT2D eigenvalue weighted by Gasteiger charge is 2.35. The molecule has 1 aliphatic carbocycles. The number of hydrogen-bond acceptors (Lipinski definition) is 5. The fourth-order valence-electron chi connectivity index (χ4n) is 3.16. The molecule has 0 bridgehead atoms. The van der Waals surface area contributed by atoms with Gasteiger partial charge in [-0.1, -0.05) is 5.16 Å². The molecule has 0 spiro atoms. The zero-order valence-corrected chi connectivity index (χ0v) is 13.9. The van der Waals surface area contributed by atoms with E-state index in [0.29, 0.717) is 30.7 Å². The Labute approximate surface area is 147 Å². The normalized spacial score (nSPS) is 21.2. The van der Waals surface area contributed by atoms with Gasteiger partial charge in [-0.2, -0.15) is 23.3 Å². The van der Waals surface area contributed by atoms with Crippen molar-refractivity contribution in [3.05, 3.63) is 29.7 Å². The van der Waals surface area contributed by atoms with Crippen LogP contribution in [0.5, 0.6) is 0 Å². The largest absolute Gasteiger partial charge is 0.435 e. The van der Waals surface area contributed by atoms with E-state index in [4.69, 9.17) is 4.52 Å². The lowest BCUT2D eigenvalue weighted by Crippen LogP contribution is -2.41. The summed E-state index contributed by atoms with van der Waals surface area (Å²) >= 11 is 0. The van der Waals surface area contributed by atoms with Crippen molar-refractivity contribution in [3.8, 4) is 0 Å². The van der Waals surface area contributed by atoms with E-state index < -0.39 is 11.9 Å². The van der Waals surface area contributed by atoms with Gasteiger partial charge >= 0.3 is 6.18 Å². The average molecular weight is 369 g/mol. The quantitative estimate of drug-likeness (QED) is 0.828. The number of carbonyl (C=O) groups excluding carboxylic acids is 1. The molecule has 4 rings (SSSR count). The van der Waals surface area contributed by atoms with Crippen LogP contribution in [0.3, 0.4) is 0 Å². The van der Waals surface area contributed by atoms with Crippen molar-refractivity contribution in [2.24, 2.45) is 0 Å². The second-order valence-electron chi connectivity index (χ2n) is 6.84. The van der Waals surface area contributed by atoms with Crippen LogP contribution in [0.25, 0.3) is 0 Å². The van der Waals surface area contributed by atoms with Crippen LogP contribution in [0.2, 0.25) is 0 Å². The number of halogens is 3. The van der Waals surface area contributed by atoms with Crippen LogP contribution in [0, 0.1) is 0 Å². The number of alkyl halides is 3. The maximum Gasteiger partial charge on any atom is 0.435 e. The summed E-state index contributed by atoms with van der Waals surface area (Å²) in [5.74, 6) is 1.38. The maximum atomic E-state index is 12.6. The fraction of sp³-hybridized carbons (Fsp3) is 0.625. The van der Waals surface area contributed by atoms with Crippen LogP contribution < -0.4 is 0 Å². The average Bonchev–Trinajstić information content (AvgIpc) is 3.14. The molecule has 7 nitrogen and oxygen atoms in total. The number of amides is 1. The van der Waals surface area contributed by atoms with Gasteiger partial charge in [0.05, 0.1) is 0 Å². The molecule has 2 fully saturated rings. The van der Waals surface area contributed by atoms with Gasteiger partial charge in [0.15, 0.2) is 11.5 Å². The first-order valence-electron chi connectivity index (χ1n) is 8.62. The molecular weight excluding hydrogens is 351 g/mol. The van der Waals surface area contributed by atoms with Crippen molar-refractivity contribution < 1.29 is 22.5 Å². The van der Waals surface area contributed by atoms with Gasteiger partial charge in [-0.3, -0.25) is 9.48 Å². The predicted octanol–water partition coefficient (Wildman–Crippen LogP) is 2.57. The molecule has 0 aromatic carbocycles. The van der Waals surface area contributed by atoms with Gasteiger partial charge in [-0.15, -0.1) is 0 Å². The topological polar surface area (TPSA) is 77.0 Å². The molecule has 26 heavy (non-hydrogen) atoms. The van der Waals surface area contributed by atoms with Crippen LogP contribution in [-0.2, 0) is 17.5 Å². The number of hydrogen-bond donors (Lipinski definition) is 0. The van der Waals surface area contributed by atoms with E-state index in [-0.39, 0.29) is 18.4 Å². The lowest BCUT2D eigenvalue weighted by molar-refractivity contribution is -0.142. The van der Waals surface area contributed by atoms with E-state index in [1.54, 1.807) is 4.90 Å². The van der Waals surface area contributed by atoms with Gasteiger partial charge in [-0.25, -0.2) is 0 Å². The molecule has 1 aliphatic heterocycles. The maximum absolute atomic E-state index is 12.6. The minimum Gasteiger partial charge on any atom is -0.340 e. The minimum atomic E-state index is -4.51. The Morgan fingerprint density at radius 3 is 2.77 bits per heavy atom. The Bertz CT molecular complexity index is 796. The molecule has 2 aromatic rings. The van der Waals surface area contributed by atoms with Crippen LogP contribution in [-0.4, -0.2) is 43.8 Å². The van der Waals surface area contributed by atoms with Gasteiger partial charge in [0.1, 0.15) is 6.54 Å². The smallest absolute Gasteiger partial charge is 0.340 e. The van der Waals surface area contributed by atoms with E-state index in [2.05, 4.69) is 15.2 Å². The Balaban J connectivity index is 1.38. The van der Waals surface area contributed by atoms with Crippen molar-refractivity contribution in [1.82, 2.24) is 24.8 Å². The second-order valence-corrected chi connectivity index (χ2v) is 6.84. The van der Waals surface area contributed by atoms with E-state index in [1.807, 2.05) is 0 Å². The Kier molecular flexibility index (Phi) is 4.20. The molecule has 2 aliphatic rings. The third-order valence-electron chi connectivity index (χ3n) is 4.75. The second kappa shape index (κ2) is 6.40. The summed E-state index contributed by atoms with van der Waals surface area (Å²) in [7, 11) is 0. The van der Waals surface area contributed by atoms with Crippen LogP contribution in [0.15, 0.2) is 16.8 Å². The molecule has 0 radical (unpaired) electrons. The molecular formula is C16H18F3N5O2. The van der Waals surface area contributed by atoms with Gasteiger partial charge in [-0.05, 0) is 31.7 Å². The van der Waals surface area contributed by atoms with Crippen LogP contribution in [0.4, 0.5) is 13.2 Å². The summed E-state index contributed by atoms with van der Waals surface area (Å²) in [6.07, 6.45) is 0.442. The molecule has 2 aromatic heterocycles. The number of carbonyl (C=O) groups is 1. The van der Waals surface area contributed by atoms with Gasteiger partial charge in [0.2, 0.25) is 11.8 Å². The van der Waals surface area contributed by atoms with E-state index in [0.717, 1.165) is 36.4 Å². The van der Waals surface area contributed by atoms with Crippen LogP contribution >= 0.6 is 0 Å². The highest BCUT2D eigenvalue weighted by molar-refractivity contribution is 5.76. The highest BCUT2D eigenvalue weighted by atomic mass is 19.4. The highest BCUT2D eigenvalue weighted by Crippen LogP contribution is 2.39. The molecule has 1 unspecified atom stereocenters. The van der Waals surface area contributed by atoms with Crippen molar-refractivity contribution in [2.75, 3.05) is 13.1 Å². The van der Waals surface area contributed by atoms with Crippen molar-refractivity contribution in [1.29, 1.82) is 0 Å². The lowest BCUT2D eigenvalue weighted by atomic mass is 9.97. The SMILES string of the molecule is O=C(Cn1ccc(C(F)(F)F)n1)N1CCCC(c2noc(C3CC3)n2)C1. The molecule has 0 N–H and O–H groups in total.